The summed E-state index contributed by atoms with van der Waals surface area (Å²) in [5, 5.41) is 2.68. The number of amides is 2. The Morgan fingerprint density at radius 1 is 1.09 bits per heavy atom. The van der Waals surface area contributed by atoms with E-state index in [4.69, 9.17) is 5.73 Å². The Morgan fingerprint density at radius 3 is 2.23 bits per heavy atom. The lowest BCUT2D eigenvalue weighted by molar-refractivity contribution is -0.135. The molecule has 2 amide bonds. The van der Waals surface area contributed by atoms with E-state index >= 15 is 0 Å². The van der Waals surface area contributed by atoms with Crippen LogP contribution in [0.2, 0.25) is 0 Å². The van der Waals surface area contributed by atoms with E-state index in [0.717, 1.165) is 25.9 Å². The van der Waals surface area contributed by atoms with Gasteiger partial charge in [0.05, 0.1) is 12.6 Å². The van der Waals surface area contributed by atoms with Gasteiger partial charge >= 0.3 is 0 Å². The van der Waals surface area contributed by atoms with E-state index < -0.39 is 6.04 Å². The molecule has 0 aromatic carbocycles. The van der Waals surface area contributed by atoms with Crippen molar-refractivity contribution < 1.29 is 9.59 Å². The molecule has 2 rings (SSSR count). The van der Waals surface area contributed by atoms with Crippen LogP contribution in [-0.2, 0) is 9.59 Å². The van der Waals surface area contributed by atoms with Gasteiger partial charge in [0.25, 0.3) is 0 Å². The van der Waals surface area contributed by atoms with Crippen molar-refractivity contribution in [3.05, 3.63) is 0 Å². The summed E-state index contributed by atoms with van der Waals surface area (Å²) < 4.78 is 0. The molecule has 2 aliphatic rings. The van der Waals surface area contributed by atoms with Crippen LogP contribution in [0.4, 0.5) is 0 Å². The Balaban J connectivity index is 1.74. The number of rotatable bonds is 4. The van der Waals surface area contributed by atoms with Crippen LogP contribution in [0.15, 0.2) is 0 Å². The first kappa shape index (κ1) is 17.3. The van der Waals surface area contributed by atoms with E-state index in [0.29, 0.717) is 5.41 Å². The lowest BCUT2D eigenvalue weighted by Crippen LogP contribution is -2.50. The van der Waals surface area contributed by atoms with Crippen LogP contribution in [0, 0.1) is 11.3 Å². The van der Waals surface area contributed by atoms with Crippen LogP contribution in [0.5, 0.6) is 0 Å². The van der Waals surface area contributed by atoms with Crippen LogP contribution < -0.4 is 11.1 Å². The molecule has 0 bridgehead atoms. The van der Waals surface area contributed by atoms with E-state index in [2.05, 4.69) is 5.32 Å². The fourth-order valence-electron chi connectivity index (χ4n) is 3.73. The molecule has 2 fully saturated rings. The van der Waals surface area contributed by atoms with Crippen LogP contribution in [-0.4, -0.2) is 42.4 Å². The molecule has 0 aromatic rings. The Kier molecular flexibility index (Phi) is 5.84. The molecular weight excluding hydrogens is 278 g/mol. The summed E-state index contributed by atoms with van der Waals surface area (Å²) in [6, 6.07) is -0.542. The van der Waals surface area contributed by atoms with Gasteiger partial charge in [0.15, 0.2) is 0 Å². The number of nitrogens with zero attached hydrogens (tertiary/aromatic N) is 1. The first-order valence-corrected chi connectivity index (χ1v) is 8.75. The van der Waals surface area contributed by atoms with Gasteiger partial charge in [0, 0.05) is 13.1 Å². The Bertz CT molecular complexity index is 393. The minimum atomic E-state index is -0.542. The van der Waals surface area contributed by atoms with E-state index in [1.54, 1.807) is 0 Å². The Labute approximate surface area is 134 Å². The van der Waals surface area contributed by atoms with Crippen molar-refractivity contribution in [3.63, 3.8) is 0 Å². The van der Waals surface area contributed by atoms with Gasteiger partial charge in [-0.2, -0.15) is 0 Å². The fraction of sp³-hybridized carbons (Fsp3) is 0.882. The minimum absolute atomic E-state index is 0.0231. The second-order valence-corrected chi connectivity index (χ2v) is 7.43. The third-order valence-corrected chi connectivity index (χ3v) is 5.53. The maximum Gasteiger partial charge on any atom is 0.241 e. The second kappa shape index (κ2) is 7.44. The molecule has 0 radical (unpaired) electrons. The van der Waals surface area contributed by atoms with Gasteiger partial charge in [-0.05, 0) is 37.0 Å². The first-order valence-electron chi connectivity index (χ1n) is 8.75. The molecule has 1 heterocycles. The average Bonchev–Trinajstić information content (AvgIpc) is 2.53. The van der Waals surface area contributed by atoms with Crippen molar-refractivity contribution in [3.8, 4) is 0 Å². The highest BCUT2D eigenvalue weighted by Gasteiger charge is 2.36. The molecular formula is C17H31N3O2. The predicted molar refractivity (Wildman–Crippen MR) is 87.2 cm³/mol. The number of nitrogens with one attached hydrogen (secondary N) is 1. The second-order valence-electron chi connectivity index (χ2n) is 7.43. The summed E-state index contributed by atoms with van der Waals surface area (Å²) in [4.78, 5) is 25.9. The summed E-state index contributed by atoms with van der Waals surface area (Å²) >= 11 is 0. The Hall–Kier alpha value is -1.10. The lowest BCUT2D eigenvalue weighted by atomic mass is 9.68. The maximum atomic E-state index is 12.2. The molecule has 5 heteroatoms. The molecule has 1 saturated heterocycles. The predicted octanol–water partition coefficient (Wildman–Crippen LogP) is 1.66. The SMILES string of the molecule is CC(C)[C@H](N)C(=O)NCC(=O)N1CCC2(CCCCC2)CC1. The van der Waals surface area contributed by atoms with Crippen LogP contribution >= 0.6 is 0 Å². The van der Waals surface area contributed by atoms with E-state index in [1.165, 1.54) is 32.1 Å². The highest BCUT2D eigenvalue weighted by Crippen LogP contribution is 2.44. The van der Waals surface area contributed by atoms with E-state index in [9.17, 15) is 9.59 Å². The van der Waals surface area contributed by atoms with E-state index in [-0.39, 0.29) is 24.3 Å². The van der Waals surface area contributed by atoms with Gasteiger partial charge in [-0.1, -0.05) is 33.1 Å². The van der Waals surface area contributed by atoms with Crippen molar-refractivity contribution in [2.75, 3.05) is 19.6 Å². The quantitative estimate of drug-likeness (QED) is 0.829. The molecule has 0 unspecified atom stereocenters. The van der Waals surface area contributed by atoms with Crippen LogP contribution in [0.25, 0.3) is 0 Å². The van der Waals surface area contributed by atoms with Gasteiger partial charge in [-0.25, -0.2) is 0 Å². The van der Waals surface area contributed by atoms with Gasteiger partial charge in [0.1, 0.15) is 0 Å². The van der Waals surface area contributed by atoms with Gasteiger partial charge in [0.2, 0.25) is 11.8 Å². The monoisotopic (exact) mass is 309 g/mol. The maximum absolute atomic E-state index is 12.2. The van der Waals surface area contributed by atoms with Crippen LogP contribution in [0.3, 0.4) is 0 Å². The molecule has 22 heavy (non-hydrogen) atoms. The number of nitrogens with two attached hydrogens (primary N) is 1. The molecule has 1 spiro atoms. The molecule has 0 aromatic heterocycles. The highest BCUT2D eigenvalue weighted by molar-refractivity contribution is 5.87. The number of carbonyl (C=O) groups excluding carboxylic acids is 2. The molecule has 1 saturated carbocycles. The fourth-order valence-corrected chi connectivity index (χ4v) is 3.73. The first-order chi connectivity index (χ1) is 10.4. The summed E-state index contributed by atoms with van der Waals surface area (Å²) in [5.74, 6) is -0.129. The molecule has 1 atom stereocenters. The number of hydrogen-bond acceptors (Lipinski definition) is 3. The largest absolute Gasteiger partial charge is 0.346 e. The zero-order valence-electron chi connectivity index (χ0n) is 14.1. The summed E-state index contributed by atoms with van der Waals surface area (Å²) in [6.07, 6.45) is 8.96. The van der Waals surface area contributed by atoms with Gasteiger partial charge in [-0.15, -0.1) is 0 Å². The number of carbonyl (C=O) groups is 2. The summed E-state index contributed by atoms with van der Waals surface area (Å²) in [6.45, 7) is 5.56. The summed E-state index contributed by atoms with van der Waals surface area (Å²) in [7, 11) is 0. The third-order valence-electron chi connectivity index (χ3n) is 5.53. The average molecular weight is 309 g/mol. The zero-order chi connectivity index (χ0) is 16.2. The smallest absolute Gasteiger partial charge is 0.241 e. The third kappa shape index (κ3) is 4.22. The van der Waals surface area contributed by atoms with Gasteiger partial charge < -0.3 is 16.0 Å². The van der Waals surface area contributed by atoms with Crippen molar-refractivity contribution in [2.24, 2.45) is 17.1 Å². The molecule has 3 N–H and O–H groups in total. The minimum Gasteiger partial charge on any atom is -0.346 e. The number of hydrogen-bond donors (Lipinski definition) is 2. The molecule has 1 aliphatic carbocycles. The zero-order valence-corrected chi connectivity index (χ0v) is 14.1. The number of piperidine rings is 1. The molecule has 5 nitrogen and oxygen atoms in total. The summed E-state index contributed by atoms with van der Waals surface area (Å²) in [5.41, 5.74) is 6.28. The number of likely N-dealkylation sites (tertiary alicyclic amines) is 1. The van der Waals surface area contributed by atoms with E-state index in [1.807, 2.05) is 18.7 Å². The van der Waals surface area contributed by atoms with Crippen LogP contribution in [0.1, 0.15) is 58.8 Å². The van der Waals surface area contributed by atoms with Crippen molar-refractivity contribution in [1.82, 2.24) is 10.2 Å². The molecule has 126 valence electrons. The van der Waals surface area contributed by atoms with Gasteiger partial charge in [-0.3, -0.25) is 9.59 Å². The topological polar surface area (TPSA) is 75.4 Å². The highest BCUT2D eigenvalue weighted by atomic mass is 16.2. The van der Waals surface area contributed by atoms with Crippen molar-refractivity contribution in [1.29, 1.82) is 0 Å². The van der Waals surface area contributed by atoms with Crippen molar-refractivity contribution >= 4 is 11.8 Å². The lowest BCUT2D eigenvalue weighted by Gasteiger charge is -2.44. The van der Waals surface area contributed by atoms with Crippen molar-refractivity contribution in [2.45, 2.75) is 64.8 Å². The normalized spacial score (nSPS) is 22.6. The molecule has 1 aliphatic heterocycles. The Morgan fingerprint density at radius 2 is 1.68 bits per heavy atom. The standard InChI is InChI=1S/C17H31N3O2/c1-13(2)15(18)16(22)19-12-14(21)20-10-8-17(9-11-20)6-4-3-5-7-17/h13,15H,3-12,18H2,1-2H3,(H,19,22)/t15-/m0/s1.